The van der Waals surface area contributed by atoms with Gasteiger partial charge < -0.3 is 9.84 Å². The van der Waals surface area contributed by atoms with E-state index >= 15 is 0 Å². The number of ether oxygens (including phenoxy) is 1. The number of rotatable bonds is 9. The molecule has 8 nitrogen and oxygen atoms in total. The fourth-order valence-electron chi connectivity index (χ4n) is 3.35. The van der Waals surface area contributed by atoms with E-state index in [1.807, 2.05) is 67.6 Å². The summed E-state index contributed by atoms with van der Waals surface area (Å²) in [5, 5.41) is 26.8. The second-order valence-corrected chi connectivity index (χ2v) is 8.63. The number of pyridine rings is 1. The van der Waals surface area contributed by atoms with E-state index in [2.05, 4.69) is 16.3 Å². The van der Waals surface area contributed by atoms with Crippen LogP contribution in [0.2, 0.25) is 0 Å². The highest BCUT2D eigenvalue weighted by molar-refractivity contribution is 7.99. The first-order chi connectivity index (χ1) is 17.1. The minimum atomic E-state index is -0.419. The number of hydrogen-bond donors (Lipinski definition) is 0. The number of aromatic nitrogens is 3. The summed E-state index contributed by atoms with van der Waals surface area (Å²) in [7, 11) is 1.59. The third kappa shape index (κ3) is 6.12. The van der Waals surface area contributed by atoms with Gasteiger partial charge in [-0.15, -0.1) is 0 Å². The lowest BCUT2D eigenvalue weighted by Crippen LogP contribution is -2.36. The molecule has 35 heavy (non-hydrogen) atoms. The first kappa shape index (κ1) is 24.1. The van der Waals surface area contributed by atoms with Crippen LogP contribution in [0.4, 0.5) is 5.88 Å². The monoisotopic (exact) mass is 485 g/mol. The number of thioether (sulfide) groups is 1. The molecule has 0 aliphatic carbocycles. The molecule has 4 rings (SSSR count). The van der Waals surface area contributed by atoms with Crippen molar-refractivity contribution in [3.63, 3.8) is 0 Å². The first-order valence-electron chi connectivity index (χ1n) is 10.9. The standard InChI is InChI=1S/C26H23N5O3S/c1-18-8-10-19(11-9-18)21-14-23(20-6-4-3-5-7-20)28-26(22(21)15-27)35-17-24(32)29-25-16-31(30-34-25)12-13-33-2/h3-11,14,16H,12-13,17H2,1-2H3. The van der Waals surface area contributed by atoms with E-state index in [0.717, 1.165) is 27.9 Å². The average Bonchev–Trinajstić information content (AvgIpc) is 3.33. The highest BCUT2D eigenvalue weighted by atomic mass is 32.2. The third-order valence-corrected chi connectivity index (χ3v) is 6.08. The number of methoxy groups -OCH3 is 1. The van der Waals surface area contributed by atoms with E-state index in [1.54, 1.807) is 7.11 Å². The Hall–Kier alpha value is -4.00. The van der Waals surface area contributed by atoms with Gasteiger partial charge in [0.25, 0.3) is 6.20 Å². The normalized spacial score (nSPS) is 11.4. The summed E-state index contributed by atoms with van der Waals surface area (Å²) in [4.78, 5) is 8.70. The van der Waals surface area contributed by atoms with Crippen LogP contribution in [0.5, 0.6) is 0 Å². The smallest absolute Gasteiger partial charge is 0.320 e. The lowest BCUT2D eigenvalue weighted by molar-refractivity contribution is -0.763. The predicted octanol–water partition coefficient (Wildman–Crippen LogP) is 3.70. The SMILES string of the molecule is COCC[n+]1cc(/N=C(/[O-])CSc2nc(-c3ccccc3)cc(-c3ccc(C)cc3)c2C#N)on1. The van der Waals surface area contributed by atoms with Crippen LogP contribution in [0.1, 0.15) is 11.1 Å². The Morgan fingerprint density at radius 1 is 1.17 bits per heavy atom. The maximum atomic E-state index is 12.5. The molecule has 0 fully saturated rings. The predicted molar refractivity (Wildman–Crippen MR) is 131 cm³/mol. The minimum absolute atomic E-state index is 0.00790. The van der Waals surface area contributed by atoms with Gasteiger partial charge >= 0.3 is 5.88 Å². The van der Waals surface area contributed by atoms with E-state index in [4.69, 9.17) is 14.2 Å². The van der Waals surface area contributed by atoms with Crippen molar-refractivity contribution in [1.29, 1.82) is 5.26 Å². The van der Waals surface area contributed by atoms with Gasteiger partial charge in [-0.1, -0.05) is 71.9 Å². The largest absolute Gasteiger partial charge is 0.861 e. The molecule has 176 valence electrons. The fraction of sp³-hybridized carbons (Fsp3) is 0.192. The van der Waals surface area contributed by atoms with Gasteiger partial charge in [0, 0.05) is 24.0 Å². The van der Waals surface area contributed by atoms with Crippen LogP contribution in [-0.2, 0) is 11.3 Å². The Morgan fingerprint density at radius 2 is 1.94 bits per heavy atom. The lowest BCUT2D eigenvalue weighted by Gasteiger charge is -2.14. The number of aryl methyl sites for hydroxylation is 1. The summed E-state index contributed by atoms with van der Waals surface area (Å²) < 4.78 is 11.6. The molecular weight excluding hydrogens is 462 g/mol. The molecule has 0 atom stereocenters. The van der Waals surface area contributed by atoms with Gasteiger partial charge in [0.05, 0.1) is 11.3 Å². The number of nitrogens with zero attached hydrogens (tertiary/aromatic N) is 5. The summed E-state index contributed by atoms with van der Waals surface area (Å²) in [6, 6.07) is 21.9. The van der Waals surface area contributed by atoms with Crippen molar-refractivity contribution in [3.8, 4) is 28.5 Å². The van der Waals surface area contributed by atoms with Crippen LogP contribution in [0.3, 0.4) is 0 Å². The lowest BCUT2D eigenvalue weighted by atomic mass is 9.98. The van der Waals surface area contributed by atoms with E-state index in [-0.39, 0.29) is 11.6 Å². The van der Waals surface area contributed by atoms with Gasteiger partial charge in [0.1, 0.15) is 17.7 Å². The Balaban J connectivity index is 1.65. The molecule has 0 unspecified atom stereocenters. The topological polar surface area (TPSA) is 111 Å². The van der Waals surface area contributed by atoms with Gasteiger partial charge in [-0.2, -0.15) is 5.26 Å². The van der Waals surface area contributed by atoms with Crippen molar-refractivity contribution in [2.24, 2.45) is 4.99 Å². The Bertz CT molecular complexity index is 1360. The molecule has 0 spiro atoms. The molecule has 0 radical (unpaired) electrons. The summed E-state index contributed by atoms with van der Waals surface area (Å²) in [5.74, 6) is -0.317. The molecule has 2 heterocycles. The van der Waals surface area contributed by atoms with Crippen LogP contribution in [0.15, 0.2) is 81.4 Å². The molecule has 0 bridgehead atoms. The molecule has 4 aromatic rings. The van der Waals surface area contributed by atoms with Crippen molar-refractivity contribution >= 4 is 23.5 Å². The zero-order valence-corrected chi connectivity index (χ0v) is 20.2. The Kier molecular flexibility index (Phi) is 7.88. The van der Waals surface area contributed by atoms with Crippen molar-refractivity contribution in [3.05, 3.63) is 78.0 Å². The number of hydrogen-bond acceptors (Lipinski definition) is 8. The van der Waals surface area contributed by atoms with Crippen LogP contribution in [-0.4, -0.2) is 35.6 Å². The Morgan fingerprint density at radius 3 is 2.66 bits per heavy atom. The van der Waals surface area contributed by atoms with Crippen molar-refractivity contribution in [2.75, 3.05) is 19.5 Å². The summed E-state index contributed by atoms with van der Waals surface area (Å²) in [6.07, 6.45) is 1.53. The molecule has 0 amide bonds. The maximum absolute atomic E-state index is 12.5. The van der Waals surface area contributed by atoms with Gasteiger partial charge in [0.15, 0.2) is 0 Å². The second kappa shape index (κ2) is 11.4. The molecule has 0 aliphatic rings. The van der Waals surface area contributed by atoms with Gasteiger partial charge in [-0.25, -0.2) is 9.98 Å². The molecule has 0 N–H and O–H groups in total. The summed E-state index contributed by atoms with van der Waals surface area (Å²) in [5.41, 5.74) is 4.87. The van der Waals surface area contributed by atoms with Gasteiger partial charge in [-0.3, -0.25) is 4.52 Å². The van der Waals surface area contributed by atoms with E-state index in [9.17, 15) is 10.4 Å². The number of benzene rings is 2. The first-order valence-corrected chi connectivity index (χ1v) is 11.9. The maximum Gasteiger partial charge on any atom is 0.320 e. The van der Waals surface area contributed by atoms with Crippen LogP contribution < -0.4 is 9.79 Å². The summed E-state index contributed by atoms with van der Waals surface area (Å²) >= 11 is 1.17. The van der Waals surface area contributed by atoms with Gasteiger partial charge in [0.2, 0.25) is 11.8 Å². The van der Waals surface area contributed by atoms with Crippen molar-refractivity contribution in [1.82, 2.24) is 10.3 Å². The zero-order chi connectivity index (χ0) is 24.6. The van der Waals surface area contributed by atoms with Crippen molar-refractivity contribution < 1.29 is 19.0 Å². The number of nitriles is 1. The summed E-state index contributed by atoms with van der Waals surface area (Å²) in [6.45, 7) is 2.97. The molecule has 0 saturated heterocycles. The van der Waals surface area contributed by atoms with Crippen LogP contribution in [0, 0.1) is 18.3 Å². The van der Waals surface area contributed by atoms with E-state index in [1.165, 1.54) is 22.6 Å². The average molecular weight is 486 g/mol. The molecule has 9 heteroatoms. The quantitative estimate of drug-likeness (QED) is 0.154. The van der Waals surface area contributed by atoms with Crippen LogP contribution >= 0.6 is 11.8 Å². The fourth-order valence-corrected chi connectivity index (χ4v) is 4.13. The Labute approximate surface area is 207 Å². The third-order valence-electron chi connectivity index (χ3n) is 5.12. The number of aliphatic imine (C=N–C) groups is 1. The second-order valence-electron chi connectivity index (χ2n) is 7.67. The highest BCUT2D eigenvalue weighted by Crippen LogP contribution is 2.34. The zero-order valence-electron chi connectivity index (χ0n) is 19.3. The van der Waals surface area contributed by atoms with Gasteiger partial charge in [-0.05, 0) is 29.1 Å². The minimum Gasteiger partial charge on any atom is -0.861 e. The van der Waals surface area contributed by atoms with Crippen molar-refractivity contribution in [2.45, 2.75) is 18.5 Å². The van der Waals surface area contributed by atoms with E-state index in [0.29, 0.717) is 23.7 Å². The molecule has 2 aromatic heterocycles. The molecular formula is C26H23N5O3S. The molecule has 2 aromatic carbocycles. The van der Waals surface area contributed by atoms with E-state index < -0.39 is 5.90 Å². The molecule has 0 aliphatic heterocycles. The molecule has 0 saturated carbocycles. The van der Waals surface area contributed by atoms with Crippen LogP contribution in [0.25, 0.3) is 22.4 Å². The highest BCUT2D eigenvalue weighted by Gasteiger charge is 2.16.